The Hall–Kier alpha value is -3.14. The third-order valence-electron chi connectivity index (χ3n) is 6.01. The van der Waals surface area contributed by atoms with Gasteiger partial charge < -0.3 is 10.2 Å². The van der Waals surface area contributed by atoms with E-state index in [0.717, 1.165) is 9.87 Å². The number of anilines is 1. The molecule has 0 saturated carbocycles. The molecule has 0 fully saturated rings. The van der Waals surface area contributed by atoms with Crippen LogP contribution in [0.5, 0.6) is 0 Å². The molecule has 0 aliphatic heterocycles. The van der Waals surface area contributed by atoms with Gasteiger partial charge in [0, 0.05) is 23.1 Å². The highest BCUT2D eigenvalue weighted by Crippen LogP contribution is 2.30. The Balaban J connectivity index is 2.04. The van der Waals surface area contributed by atoms with Gasteiger partial charge in [-0.3, -0.25) is 13.9 Å². The van der Waals surface area contributed by atoms with Gasteiger partial charge >= 0.3 is 0 Å². The number of carbonyl (C=O) groups excluding carboxylic acids is 2. The summed E-state index contributed by atoms with van der Waals surface area (Å²) in [6.45, 7) is 5.01. The van der Waals surface area contributed by atoms with Gasteiger partial charge in [0.2, 0.25) is 11.8 Å². The van der Waals surface area contributed by atoms with E-state index in [1.807, 2.05) is 13.8 Å². The van der Waals surface area contributed by atoms with Crippen LogP contribution >= 0.6 is 23.2 Å². The number of nitrogens with one attached hydrogen (secondary N) is 1. The van der Waals surface area contributed by atoms with Gasteiger partial charge in [-0.2, -0.15) is 0 Å². The lowest BCUT2D eigenvalue weighted by Crippen LogP contribution is -2.51. The summed E-state index contributed by atoms with van der Waals surface area (Å²) in [5, 5.41) is 3.13. The predicted octanol–water partition coefficient (Wildman–Crippen LogP) is 5.58. The van der Waals surface area contributed by atoms with Crippen molar-refractivity contribution in [3.05, 3.63) is 93.7 Å². The van der Waals surface area contributed by atoms with Crippen LogP contribution in [0, 0.1) is 12.7 Å². The fourth-order valence-corrected chi connectivity index (χ4v) is 5.73. The van der Waals surface area contributed by atoms with Gasteiger partial charge in [0.1, 0.15) is 18.4 Å². The molecule has 0 aromatic heterocycles. The van der Waals surface area contributed by atoms with Crippen molar-refractivity contribution >= 4 is 50.7 Å². The van der Waals surface area contributed by atoms with Gasteiger partial charge in [-0.1, -0.05) is 60.0 Å². The highest BCUT2D eigenvalue weighted by atomic mass is 35.5. The summed E-state index contributed by atoms with van der Waals surface area (Å²) in [7, 11) is -4.25. The molecule has 7 nitrogen and oxygen atoms in total. The van der Waals surface area contributed by atoms with E-state index in [4.69, 9.17) is 23.2 Å². The van der Waals surface area contributed by atoms with Gasteiger partial charge in [0.05, 0.1) is 10.6 Å². The zero-order valence-electron chi connectivity index (χ0n) is 21.8. The molecular weight excluding hydrogens is 564 g/mol. The molecule has 3 aromatic rings. The number of hydrogen-bond acceptors (Lipinski definition) is 4. The molecule has 11 heteroatoms. The Kier molecular flexibility index (Phi) is 10.4. The van der Waals surface area contributed by atoms with Gasteiger partial charge in [0.15, 0.2) is 0 Å². The third kappa shape index (κ3) is 7.94. The number of amides is 2. The number of benzene rings is 3. The van der Waals surface area contributed by atoms with E-state index in [9.17, 15) is 22.4 Å². The maximum atomic E-state index is 13.8. The van der Waals surface area contributed by atoms with Crippen LogP contribution in [0.2, 0.25) is 10.0 Å². The Morgan fingerprint density at radius 2 is 1.56 bits per heavy atom. The largest absolute Gasteiger partial charge is 0.354 e. The molecule has 0 radical (unpaired) electrons. The molecule has 0 spiro atoms. The van der Waals surface area contributed by atoms with Crippen molar-refractivity contribution in [2.75, 3.05) is 17.4 Å². The number of rotatable bonds is 11. The normalized spacial score (nSPS) is 12.1. The SMILES string of the molecule is CCCNC(=O)[C@@H](C)N(Cc1ccc(F)cc1)C(=O)CN(c1cc(Cl)cc(Cl)c1)S(=O)(=O)c1ccc(C)cc1. The first-order valence-corrected chi connectivity index (χ1v) is 14.5. The summed E-state index contributed by atoms with van der Waals surface area (Å²) in [6, 6.07) is 15.0. The van der Waals surface area contributed by atoms with Gasteiger partial charge in [-0.15, -0.1) is 0 Å². The minimum Gasteiger partial charge on any atom is -0.354 e. The Labute approximate surface area is 238 Å². The second-order valence-corrected chi connectivity index (χ2v) is 11.8. The van der Waals surface area contributed by atoms with E-state index in [-0.39, 0.29) is 27.2 Å². The Bertz CT molecular complexity index is 1400. The summed E-state index contributed by atoms with van der Waals surface area (Å²) in [5.41, 5.74) is 1.52. The lowest BCUT2D eigenvalue weighted by Gasteiger charge is -2.32. The van der Waals surface area contributed by atoms with Crippen molar-refractivity contribution in [2.24, 2.45) is 0 Å². The minimum absolute atomic E-state index is 0.0316. The second kappa shape index (κ2) is 13.3. The number of halogens is 3. The van der Waals surface area contributed by atoms with Gasteiger partial charge in [-0.25, -0.2) is 12.8 Å². The lowest BCUT2D eigenvalue weighted by atomic mass is 10.1. The molecule has 0 saturated heterocycles. The number of aryl methyl sites for hydroxylation is 1. The van der Waals surface area contributed by atoms with E-state index in [1.165, 1.54) is 59.5 Å². The number of hydrogen-bond donors (Lipinski definition) is 1. The Morgan fingerprint density at radius 3 is 2.13 bits per heavy atom. The van der Waals surface area contributed by atoms with Gasteiger partial charge in [-0.05, 0) is 68.3 Å². The molecule has 0 unspecified atom stereocenters. The van der Waals surface area contributed by atoms with Crippen LogP contribution in [0.4, 0.5) is 10.1 Å². The topological polar surface area (TPSA) is 86.8 Å². The lowest BCUT2D eigenvalue weighted by molar-refractivity contribution is -0.139. The summed E-state index contributed by atoms with van der Waals surface area (Å²) in [5.74, 6) is -1.49. The number of nitrogens with zero attached hydrogens (tertiary/aromatic N) is 2. The average Bonchev–Trinajstić information content (AvgIpc) is 2.89. The van der Waals surface area contributed by atoms with Crippen LogP contribution in [0.1, 0.15) is 31.4 Å². The van der Waals surface area contributed by atoms with E-state index in [1.54, 1.807) is 19.1 Å². The summed E-state index contributed by atoms with van der Waals surface area (Å²) in [6.07, 6.45) is 0.697. The Morgan fingerprint density at radius 1 is 0.974 bits per heavy atom. The van der Waals surface area contributed by atoms with Crippen molar-refractivity contribution in [2.45, 2.75) is 44.7 Å². The fourth-order valence-electron chi connectivity index (χ4n) is 3.81. The smallest absolute Gasteiger partial charge is 0.264 e. The second-order valence-electron chi connectivity index (χ2n) is 9.07. The van der Waals surface area contributed by atoms with Crippen LogP contribution in [-0.4, -0.2) is 44.3 Å². The maximum absolute atomic E-state index is 13.8. The van der Waals surface area contributed by atoms with Gasteiger partial charge in [0.25, 0.3) is 10.0 Å². The highest BCUT2D eigenvalue weighted by Gasteiger charge is 2.32. The molecule has 0 aliphatic carbocycles. The minimum atomic E-state index is -4.25. The van der Waals surface area contributed by atoms with Crippen LogP contribution in [-0.2, 0) is 26.2 Å². The highest BCUT2D eigenvalue weighted by molar-refractivity contribution is 7.92. The quantitative estimate of drug-likeness (QED) is 0.314. The predicted molar refractivity (Wildman–Crippen MR) is 152 cm³/mol. The number of carbonyl (C=O) groups is 2. The third-order valence-corrected chi connectivity index (χ3v) is 8.23. The zero-order chi connectivity index (χ0) is 28.7. The first-order chi connectivity index (χ1) is 18.4. The van der Waals surface area contributed by atoms with E-state index >= 15 is 0 Å². The molecule has 39 heavy (non-hydrogen) atoms. The molecule has 2 amide bonds. The summed E-state index contributed by atoms with van der Waals surface area (Å²) < 4.78 is 42.1. The van der Waals surface area contributed by atoms with Crippen LogP contribution in [0.15, 0.2) is 71.6 Å². The average molecular weight is 595 g/mol. The molecular formula is C28H30Cl2FN3O4S. The maximum Gasteiger partial charge on any atom is 0.264 e. The zero-order valence-corrected chi connectivity index (χ0v) is 24.2. The summed E-state index contributed by atoms with van der Waals surface area (Å²) >= 11 is 12.4. The fraction of sp³-hybridized carbons (Fsp3) is 0.286. The van der Waals surface area contributed by atoms with Crippen LogP contribution in [0.25, 0.3) is 0 Å². The van der Waals surface area contributed by atoms with Crippen molar-refractivity contribution in [3.63, 3.8) is 0 Å². The van der Waals surface area contributed by atoms with Crippen LogP contribution in [0.3, 0.4) is 0 Å². The molecule has 1 N–H and O–H groups in total. The molecule has 208 valence electrons. The molecule has 3 rings (SSSR count). The first-order valence-electron chi connectivity index (χ1n) is 12.3. The van der Waals surface area contributed by atoms with E-state index in [2.05, 4.69) is 5.32 Å². The number of sulfonamides is 1. The first kappa shape index (κ1) is 30.4. The summed E-state index contributed by atoms with van der Waals surface area (Å²) in [4.78, 5) is 27.9. The van der Waals surface area contributed by atoms with Crippen molar-refractivity contribution in [1.29, 1.82) is 0 Å². The molecule has 0 aliphatic rings. The molecule has 3 aromatic carbocycles. The van der Waals surface area contributed by atoms with E-state index < -0.39 is 40.2 Å². The molecule has 1 atom stereocenters. The molecule has 0 bridgehead atoms. The van der Waals surface area contributed by atoms with Crippen LogP contribution < -0.4 is 9.62 Å². The molecule has 0 heterocycles. The van der Waals surface area contributed by atoms with Crippen molar-refractivity contribution in [3.8, 4) is 0 Å². The standard InChI is InChI=1S/C28H30Cl2FN3O4S/c1-4-13-32-28(36)20(3)33(17-21-7-9-24(31)10-8-21)27(35)18-34(25-15-22(29)14-23(30)16-25)39(37,38)26-11-5-19(2)6-12-26/h5-12,14-16,20H,4,13,17-18H2,1-3H3,(H,32,36)/t20-/m1/s1. The van der Waals surface area contributed by atoms with Crippen molar-refractivity contribution in [1.82, 2.24) is 10.2 Å². The monoisotopic (exact) mass is 593 g/mol. The van der Waals surface area contributed by atoms with E-state index in [0.29, 0.717) is 18.5 Å². The van der Waals surface area contributed by atoms with Crippen molar-refractivity contribution < 1.29 is 22.4 Å².